The molecule has 1 aromatic heterocycles. The van der Waals surface area contributed by atoms with E-state index in [0.717, 1.165) is 12.0 Å². The average Bonchev–Trinajstić information content (AvgIpc) is 1.98. The molecule has 0 unspecified atom stereocenters. The molecule has 3 heteroatoms. The van der Waals surface area contributed by atoms with Crippen LogP contribution in [0.25, 0.3) is 0 Å². The number of rotatable bonds is 2. The molecule has 0 fully saturated rings. The Bertz CT molecular complexity index is 271. The van der Waals surface area contributed by atoms with Crippen LogP contribution in [-0.2, 0) is 6.42 Å². The van der Waals surface area contributed by atoms with E-state index in [1.54, 1.807) is 6.20 Å². The molecular weight excluding hydrogens is 172 g/mol. The molecule has 0 aromatic carbocycles. The van der Waals surface area contributed by atoms with Crippen LogP contribution in [0.5, 0.6) is 0 Å². The van der Waals surface area contributed by atoms with E-state index in [4.69, 9.17) is 17.3 Å². The van der Waals surface area contributed by atoms with E-state index in [1.807, 2.05) is 6.07 Å². The van der Waals surface area contributed by atoms with Gasteiger partial charge in [-0.1, -0.05) is 25.4 Å². The van der Waals surface area contributed by atoms with Crippen LogP contribution in [0.1, 0.15) is 19.4 Å². The third kappa shape index (κ3) is 2.11. The Hall–Kier alpha value is -0.760. The summed E-state index contributed by atoms with van der Waals surface area (Å²) in [5.41, 5.74) is 7.44. The molecule has 0 spiro atoms. The monoisotopic (exact) mass is 184 g/mol. The molecule has 0 atom stereocenters. The van der Waals surface area contributed by atoms with Gasteiger partial charge >= 0.3 is 0 Å². The van der Waals surface area contributed by atoms with Gasteiger partial charge in [0.05, 0.1) is 5.69 Å². The summed E-state index contributed by atoms with van der Waals surface area (Å²) < 4.78 is 0. The van der Waals surface area contributed by atoms with E-state index in [1.165, 1.54) is 0 Å². The Kier molecular flexibility index (Phi) is 2.93. The Labute approximate surface area is 77.8 Å². The molecule has 1 heterocycles. The summed E-state index contributed by atoms with van der Waals surface area (Å²) in [6, 6.07) is 1.92. The zero-order chi connectivity index (χ0) is 9.14. The Morgan fingerprint density at radius 1 is 1.58 bits per heavy atom. The van der Waals surface area contributed by atoms with Gasteiger partial charge in [-0.05, 0) is 24.0 Å². The van der Waals surface area contributed by atoms with Gasteiger partial charge in [0.25, 0.3) is 0 Å². The van der Waals surface area contributed by atoms with Crippen molar-refractivity contribution >= 4 is 17.3 Å². The fourth-order valence-corrected chi connectivity index (χ4v) is 1.28. The van der Waals surface area contributed by atoms with Gasteiger partial charge in [-0.25, -0.2) is 4.98 Å². The van der Waals surface area contributed by atoms with Crippen LogP contribution < -0.4 is 5.73 Å². The van der Waals surface area contributed by atoms with Crippen LogP contribution in [0.2, 0.25) is 5.15 Å². The second kappa shape index (κ2) is 3.76. The molecule has 12 heavy (non-hydrogen) atoms. The van der Waals surface area contributed by atoms with Gasteiger partial charge in [0, 0.05) is 6.20 Å². The zero-order valence-electron chi connectivity index (χ0n) is 7.34. The first-order chi connectivity index (χ1) is 5.61. The van der Waals surface area contributed by atoms with Crippen LogP contribution in [0.4, 0.5) is 5.69 Å². The number of hydrogen-bond donors (Lipinski definition) is 1. The van der Waals surface area contributed by atoms with Crippen molar-refractivity contribution in [2.75, 3.05) is 5.73 Å². The summed E-state index contributed by atoms with van der Waals surface area (Å²) in [5.74, 6) is 0.589. The van der Waals surface area contributed by atoms with Gasteiger partial charge in [-0.2, -0.15) is 0 Å². The lowest BCUT2D eigenvalue weighted by atomic mass is 10.0. The minimum absolute atomic E-state index is 0.410. The molecule has 0 saturated carbocycles. The summed E-state index contributed by atoms with van der Waals surface area (Å²) in [6.45, 7) is 4.29. The first kappa shape index (κ1) is 9.33. The number of pyridine rings is 1. The van der Waals surface area contributed by atoms with Crippen molar-refractivity contribution in [1.82, 2.24) is 4.98 Å². The van der Waals surface area contributed by atoms with E-state index in [-0.39, 0.29) is 0 Å². The normalized spacial score (nSPS) is 10.7. The lowest BCUT2D eigenvalue weighted by Gasteiger charge is -2.08. The fourth-order valence-electron chi connectivity index (χ4n) is 1.10. The molecule has 0 radical (unpaired) electrons. The van der Waals surface area contributed by atoms with Crippen LogP contribution in [-0.4, -0.2) is 4.98 Å². The summed E-state index contributed by atoms with van der Waals surface area (Å²) in [4.78, 5) is 3.89. The van der Waals surface area contributed by atoms with Crippen molar-refractivity contribution in [3.63, 3.8) is 0 Å². The molecule has 1 rings (SSSR count). The predicted octanol–water partition coefficient (Wildman–Crippen LogP) is 2.52. The van der Waals surface area contributed by atoms with Crippen molar-refractivity contribution in [3.05, 3.63) is 23.0 Å². The van der Waals surface area contributed by atoms with Gasteiger partial charge in [-0.15, -0.1) is 0 Å². The maximum absolute atomic E-state index is 5.76. The van der Waals surface area contributed by atoms with Crippen molar-refractivity contribution in [2.24, 2.45) is 5.92 Å². The Morgan fingerprint density at radius 2 is 2.25 bits per heavy atom. The lowest BCUT2D eigenvalue weighted by molar-refractivity contribution is 0.648. The summed E-state index contributed by atoms with van der Waals surface area (Å²) in [7, 11) is 0. The highest BCUT2D eigenvalue weighted by atomic mass is 35.5. The molecule has 0 aliphatic rings. The molecule has 2 nitrogen and oxygen atoms in total. The fraction of sp³-hybridized carbons (Fsp3) is 0.444. The van der Waals surface area contributed by atoms with Crippen LogP contribution in [0.15, 0.2) is 12.3 Å². The number of nitrogens with two attached hydrogens (primary N) is 1. The van der Waals surface area contributed by atoms with Crippen LogP contribution >= 0.6 is 11.6 Å². The van der Waals surface area contributed by atoms with Crippen LogP contribution in [0.3, 0.4) is 0 Å². The first-order valence-electron chi connectivity index (χ1n) is 4.00. The number of hydrogen-bond acceptors (Lipinski definition) is 2. The highest BCUT2D eigenvalue weighted by molar-refractivity contribution is 6.31. The maximum atomic E-state index is 5.76. The third-order valence-corrected chi connectivity index (χ3v) is 1.96. The summed E-state index contributed by atoms with van der Waals surface area (Å²) in [5, 5.41) is 0.410. The second-order valence-electron chi connectivity index (χ2n) is 3.27. The largest absolute Gasteiger partial charge is 0.396 e. The molecule has 0 aliphatic carbocycles. The molecule has 0 bridgehead atoms. The lowest BCUT2D eigenvalue weighted by Crippen LogP contribution is -2.00. The van der Waals surface area contributed by atoms with Crippen molar-refractivity contribution in [1.29, 1.82) is 0 Å². The Morgan fingerprint density at radius 3 is 2.83 bits per heavy atom. The van der Waals surface area contributed by atoms with Gasteiger partial charge in [0.1, 0.15) is 0 Å². The zero-order valence-corrected chi connectivity index (χ0v) is 8.10. The molecule has 1 aromatic rings. The minimum atomic E-state index is 0.410. The van der Waals surface area contributed by atoms with Crippen LogP contribution in [0, 0.1) is 5.92 Å². The molecule has 2 N–H and O–H groups in total. The van der Waals surface area contributed by atoms with E-state index >= 15 is 0 Å². The van der Waals surface area contributed by atoms with Crippen molar-refractivity contribution in [2.45, 2.75) is 20.3 Å². The quantitative estimate of drug-likeness (QED) is 0.718. The predicted molar refractivity (Wildman–Crippen MR) is 52.2 cm³/mol. The van der Waals surface area contributed by atoms with Gasteiger partial charge in [0.15, 0.2) is 5.15 Å². The molecule has 0 amide bonds. The minimum Gasteiger partial charge on any atom is -0.396 e. The summed E-state index contributed by atoms with van der Waals surface area (Å²) >= 11 is 5.76. The van der Waals surface area contributed by atoms with Gasteiger partial charge in [0.2, 0.25) is 0 Å². The smallest absolute Gasteiger partial charge is 0.152 e. The molecular formula is C9H13ClN2. The number of anilines is 1. The maximum Gasteiger partial charge on any atom is 0.152 e. The van der Waals surface area contributed by atoms with Crippen molar-refractivity contribution in [3.8, 4) is 0 Å². The third-order valence-electron chi connectivity index (χ3n) is 1.66. The topological polar surface area (TPSA) is 38.9 Å². The number of halogens is 1. The first-order valence-corrected chi connectivity index (χ1v) is 4.38. The number of nitrogen functional groups attached to an aromatic ring is 1. The van der Waals surface area contributed by atoms with E-state index < -0.39 is 0 Å². The van der Waals surface area contributed by atoms with Crippen molar-refractivity contribution < 1.29 is 0 Å². The summed E-state index contributed by atoms with van der Waals surface area (Å²) in [6.07, 6.45) is 2.64. The SMILES string of the molecule is CC(C)Cc1ccnc(Cl)c1N. The molecule has 0 saturated heterocycles. The standard InChI is InChI=1S/C9H13ClN2/c1-6(2)5-7-3-4-12-9(10)8(7)11/h3-4,6H,5,11H2,1-2H3. The van der Waals surface area contributed by atoms with E-state index in [0.29, 0.717) is 16.8 Å². The van der Waals surface area contributed by atoms with E-state index in [9.17, 15) is 0 Å². The number of aromatic nitrogens is 1. The van der Waals surface area contributed by atoms with Gasteiger partial charge < -0.3 is 5.73 Å². The highest BCUT2D eigenvalue weighted by Crippen LogP contribution is 2.21. The highest BCUT2D eigenvalue weighted by Gasteiger charge is 2.05. The van der Waals surface area contributed by atoms with Gasteiger partial charge in [-0.3, -0.25) is 0 Å². The Balaban J connectivity index is 2.92. The number of nitrogens with zero attached hydrogens (tertiary/aromatic N) is 1. The van der Waals surface area contributed by atoms with E-state index in [2.05, 4.69) is 18.8 Å². The second-order valence-corrected chi connectivity index (χ2v) is 3.63. The average molecular weight is 185 g/mol. The molecule has 0 aliphatic heterocycles. The molecule has 66 valence electrons.